The van der Waals surface area contributed by atoms with E-state index in [4.69, 9.17) is 0 Å². The van der Waals surface area contributed by atoms with Gasteiger partial charge in [0, 0.05) is 22.3 Å². The molecule has 1 heterocycles. The number of halogens is 1. The minimum Gasteiger partial charge on any atom is -0.340 e. The molecular weight excluding hydrogens is 360 g/mol. The van der Waals surface area contributed by atoms with Gasteiger partial charge in [0.2, 0.25) is 0 Å². The van der Waals surface area contributed by atoms with Gasteiger partial charge in [-0.2, -0.15) is 0 Å². The molecule has 5 nitrogen and oxygen atoms in total. The number of nitrogens with zero attached hydrogens (tertiary/aromatic N) is 2. The lowest BCUT2D eigenvalue weighted by Gasteiger charge is -2.09. The summed E-state index contributed by atoms with van der Waals surface area (Å²) in [6.07, 6.45) is 1.53. The molecule has 0 atom stereocenters. The summed E-state index contributed by atoms with van der Waals surface area (Å²) in [6.45, 7) is 0. The fourth-order valence-corrected chi connectivity index (χ4v) is 2.67. The average Bonchev–Trinajstić information content (AvgIpc) is 2.70. The van der Waals surface area contributed by atoms with Crippen LogP contribution in [0.15, 0.2) is 85.2 Å². The number of anilines is 3. The summed E-state index contributed by atoms with van der Waals surface area (Å²) in [5.41, 5.74) is 3.09. The van der Waals surface area contributed by atoms with Gasteiger partial charge in [0.15, 0.2) is 0 Å². The first kappa shape index (κ1) is 18.4. The second-order valence-corrected chi connectivity index (χ2v) is 5.76. The van der Waals surface area contributed by atoms with Gasteiger partial charge in [-0.05, 0) is 48.5 Å². The lowest BCUT2D eigenvalue weighted by atomic mass is 10.1. The number of hydrogen-bond donors (Lipinski definition) is 2. The fourth-order valence-electron chi connectivity index (χ4n) is 2.67. The van der Waals surface area contributed by atoms with Gasteiger partial charge in [-0.15, -0.1) is 12.4 Å². The number of carbonyl (C=O) groups is 1. The molecule has 3 aromatic carbocycles. The van der Waals surface area contributed by atoms with Crippen molar-refractivity contribution in [1.29, 1.82) is 0 Å². The molecule has 1 aromatic heterocycles. The molecule has 4 rings (SSSR count). The first-order valence-electron chi connectivity index (χ1n) is 8.23. The zero-order chi connectivity index (χ0) is 17.8. The van der Waals surface area contributed by atoms with Crippen LogP contribution in [-0.2, 0) is 0 Å². The van der Waals surface area contributed by atoms with Gasteiger partial charge in [-0.25, -0.2) is 9.97 Å². The summed E-state index contributed by atoms with van der Waals surface area (Å²) in [5.74, 6) is 0.590. The Labute approximate surface area is 162 Å². The van der Waals surface area contributed by atoms with Gasteiger partial charge < -0.3 is 10.6 Å². The third-order valence-corrected chi connectivity index (χ3v) is 3.98. The fraction of sp³-hybridized carbons (Fsp3) is 0. The van der Waals surface area contributed by atoms with E-state index in [1.165, 1.54) is 6.33 Å². The van der Waals surface area contributed by atoms with Gasteiger partial charge in [-0.1, -0.05) is 30.3 Å². The minimum absolute atomic E-state index is 0. The second kappa shape index (κ2) is 8.29. The van der Waals surface area contributed by atoms with Crippen LogP contribution in [0.2, 0.25) is 0 Å². The molecule has 0 unspecified atom stereocenters. The highest BCUT2D eigenvalue weighted by Gasteiger charge is 2.07. The van der Waals surface area contributed by atoms with Crippen LogP contribution in [0.3, 0.4) is 0 Å². The predicted molar refractivity (Wildman–Crippen MR) is 111 cm³/mol. The lowest BCUT2D eigenvalue weighted by Crippen LogP contribution is -2.11. The van der Waals surface area contributed by atoms with Crippen LogP contribution in [0.4, 0.5) is 17.2 Å². The number of aromatic nitrogens is 2. The molecule has 6 heteroatoms. The van der Waals surface area contributed by atoms with E-state index in [1.54, 1.807) is 12.1 Å². The van der Waals surface area contributed by atoms with E-state index in [2.05, 4.69) is 20.6 Å². The molecule has 0 aliphatic rings. The molecule has 0 saturated carbocycles. The van der Waals surface area contributed by atoms with Gasteiger partial charge in [0.1, 0.15) is 12.1 Å². The third kappa shape index (κ3) is 4.22. The van der Waals surface area contributed by atoms with E-state index in [0.717, 1.165) is 28.1 Å². The second-order valence-electron chi connectivity index (χ2n) is 5.76. The van der Waals surface area contributed by atoms with Crippen molar-refractivity contribution in [1.82, 2.24) is 9.97 Å². The number of amides is 1. The molecule has 0 spiro atoms. The minimum atomic E-state index is -0.143. The molecule has 0 fully saturated rings. The summed E-state index contributed by atoms with van der Waals surface area (Å²) in [4.78, 5) is 20.9. The summed E-state index contributed by atoms with van der Waals surface area (Å²) in [5, 5.41) is 7.10. The molecule has 0 aliphatic heterocycles. The number of para-hydroxylation sites is 2. The average molecular weight is 377 g/mol. The predicted octanol–water partition coefficient (Wildman–Crippen LogP) is 5.05. The van der Waals surface area contributed by atoms with E-state index in [0.29, 0.717) is 5.56 Å². The van der Waals surface area contributed by atoms with Crippen molar-refractivity contribution < 1.29 is 4.79 Å². The Morgan fingerprint density at radius 1 is 0.741 bits per heavy atom. The van der Waals surface area contributed by atoms with Gasteiger partial charge in [0.25, 0.3) is 5.91 Å². The van der Waals surface area contributed by atoms with Crippen LogP contribution < -0.4 is 10.6 Å². The maximum Gasteiger partial charge on any atom is 0.255 e. The zero-order valence-corrected chi connectivity index (χ0v) is 15.1. The summed E-state index contributed by atoms with van der Waals surface area (Å²) >= 11 is 0. The Morgan fingerprint density at radius 2 is 1.44 bits per heavy atom. The van der Waals surface area contributed by atoms with Crippen LogP contribution in [0, 0.1) is 0 Å². The van der Waals surface area contributed by atoms with Gasteiger partial charge in [-0.3, -0.25) is 4.79 Å². The summed E-state index contributed by atoms with van der Waals surface area (Å²) in [7, 11) is 0. The standard InChI is InChI=1S/C21H16N4O.ClH/c26-21(25-16-6-2-1-3-7-16)15-10-12-17(13-11-15)24-20-18-8-4-5-9-19(18)22-14-23-20;/h1-14H,(H,25,26)(H,22,23,24);1H. The number of nitrogens with one attached hydrogen (secondary N) is 2. The molecule has 0 radical (unpaired) electrons. The Kier molecular flexibility index (Phi) is 5.64. The van der Waals surface area contributed by atoms with Gasteiger partial charge >= 0.3 is 0 Å². The molecule has 134 valence electrons. The van der Waals surface area contributed by atoms with Crippen molar-refractivity contribution in [3.63, 3.8) is 0 Å². The van der Waals surface area contributed by atoms with Crippen LogP contribution in [-0.4, -0.2) is 15.9 Å². The molecule has 1 amide bonds. The molecule has 0 bridgehead atoms. The van der Waals surface area contributed by atoms with E-state index < -0.39 is 0 Å². The topological polar surface area (TPSA) is 66.9 Å². The largest absolute Gasteiger partial charge is 0.340 e. The zero-order valence-electron chi connectivity index (χ0n) is 14.3. The normalized spacial score (nSPS) is 10.1. The van der Waals surface area contributed by atoms with Crippen molar-refractivity contribution >= 4 is 46.4 Å². The van der Waals surface area contributed by atoms with E-state index in [9.17, 15) is 4.79 Å². The van der Waals surface area contributed by atoms with Gasteiger partial charge in [0.05, 0.1) is 5.52 Å². The molecule has 2 N–H and O–H groups in total. The number of fused-ring (bicyclic) bond motifs is 1. The number of rotatable bonds is 4. The summed E-state index contributed by atoms with van der Waals surface area (Å²) < 4.78 is 0. The highest BCUT2D eigenvalue weighted by Crippen LogP contribution is 2.23. The van der Waals surface area contributed by atoms with Crippen molar-refractivity contribution in [3.05, 3.63) is 90.8 Å². The first-order chi connectivity index (χ1) is 12.8. The quantitative estimate of drug-likeness (QED) is 0.523. The Morgan fingerprint density at radius 3 is 2.22 bits per heavy atom. The van der Waals surface area contributed by atoms with E-state index in [1.807, 2.05) is 66.7 Å². The Hall–Kier alpha value is -3.44. The third-order valence-electron chi connectivity index (χ3n) is 3.98. The van der Waals surface area contributed by atoms with E-state index in [-0.39, 0.29) is 18.3 Å². The van der Waals surface area contributed by atoms with Crippen LogP contribution in [0.5, 0.6) is 0 Å². The van der Waals surface area contributed by atoms with Crippen LogP contribution in [0.1, 0.15) is 10.4 Å². The Bertz CT molecular complexity index is 1050. The molecule has 4 aromatic rings. The number of carbonyl (C=O) groups excluding carboxylic acids is 1. The summed E-state index contributed by atoms with van der Waals surface area (Å²) in [6, 6.07) is 24.5. The van der Waals surface area contributed by atoms with Crippen molar-refractivity contribution in [2.24, 2.45) is 0 Å². The first-order valence-corrected chi connectivity index (χ1v) is 8.23. The molecular formula is C21H17ClN4O. The molecule has 27 heavy (non-hydrogen) atoms. The molecule has 0 saturated heterocycles. The number of hydrogen-bond acceptors (Lipinski definition) is 4. The van der Waals surface area contributed by atoms with Crippen molar-refractivity contribution in [2.75, 3.05) is 10.6 Å². The Balaban J connectivity index is 0.00000210. The van der Waals surface area contributed by atoms with Crippen molar-refractivity contribution in [2.45, 2.75) is 0 Å². The monoisotopic (exact) mass is 376 g/mol. The highest BCUT2D eigenvalue weighted by atomic mass is 35.5. The maximum atomic E-state index is 12.3. The van der Waals surface area contributed by atoms with Crippen molar-refractivity contribution in [3.8, 4) is 0 Å². The number of benzene rings is 3. The maximum absolute atomic E-state index is 12.3. The highest BCUT2D eigenvalue weighted by molar-refractivity contribution is 6.04. The van der Waals surface area contributed by atoms with E-state index >= 15 is 0 Å². The smallest absolute Gasteiger partial charge is 0.255 e. The SMILES string of the molecule is Cl.O=C(Nc1ccccc1)c1ccc(Nc2ncnc3ccccc23)cc1. The van der Waals surface area contributed by atoms with Crippen LogP contribution >= 0.6 is 12.4 Å². The lowest BCUT2D eigenvalue weighted by molar-refractivity contribution is 0.102. The van der Waals surface area contributed by atoms with Crippen LogP contribution in [0.25, 0.3) is 10.9 Å². The molecule has 0 aliphatic carbocycles.